The van der Waals surface area contributed by atoms with Crippen LogP contribution in [0.3, 0.4) is 0 Å². The van der Waals surface area contributed by atoms with Crippen molar-refractivity contribution in [1.29, 1.82) is 0 Å². The summed E-state index contributed by atoms with van der Waals surface area (Å²) in [5.74, 6) is 2.09. The van der Waals surface area contributed by atoms with Gasteiger partial charge in [-0.1, -0.05) is 0 Å². The number of rotatable bonds is 6. The van der Waals surface area contributed by atoms with Crippen molar-refractivity contribution in [2.45, 2.75) is 6.92 Å². The standard InChI is InChI=1S/C16H19NO4/c1-12-15(8-10-20-12)16(18)17(2)9-11-21-14-6-4-13(19-3)5-7-14/h4-8,10H,9,11H2,1-3H3. The van der Waals surface area contributed by atoms with Crippen molar-refractivity contribution < 1.29 is 18.7 Å². The minimum atomic E-state index is -0.0698. The molecule has 0 bridgehead atoms. The Morgan fingerprint density at radius 2 is 1.86 bits per heavy atom. The van der Waals surface area contributed by atoms with Gasteiger partial charge < -0.3 is 18.8 Å². The average Bonchev–Trinajstić information content (AvgIpc) is 2.93. The number of hydrogen-bond donors (Lipinski definition) is 0. The molecule has 0 aliphatic heterocycles. The molecule has 0 unspecified atom stereocenters. The Morgan fingerprint density at radius 3 is 2.43 bits per heavy atom. The first-order chi connectivity index (χ1) is 10.1. The van der Waals surface area contributed by atoms with Gasteiger partial charge in [-0.15, -0.1) is 0 Å². The third kappa shape index (κ3) is 3.78. The molecule has 0 N–H and O–H groups in total. The van der Waals surface area contributed by atoms with Crippen molar-refractivity contribution in [3.63, 3.8) is 0 Å². The van der Waals surface area contributed by atoms with Crippen molar-refractivity contribution in [3.8, 4) is 11.5 Å². The first-order valence-corrected chi connectivity index (χ1v) is 6.68. The van der Waals surface area contributed by atoms with E-state index < -0.39 is 0 Å². The summed E-state index contributed by atoms with van der Waals surface area (Å²) in [6, 6.07) is 9.01. The molecule has 2 aromatic rings. The van der Waals surface area contributed by atoms with Gasteiger partial charge in [0.05, 0.1) is 25.5 Å². The first kappa shape index (κ1) is 15.0. The predicted molar refractivity (Wildman–Crippen MR) is 78.9 cm³/mol. The monoisotopic (exact) mass is 289 g/mol. The Morgan fingerprint density at radius 1 is 1.19 bits per heavy atom. The fourth-order valence-electron chi connectivity index (χ4n) is 1.89. The molecule has 0 saturated heterocycles. The van der Waals surface area contributed by atoms with Gasteiger partial charge in [0.1, 0.15) is 23.9 Å². The van der Waals surface area contributed by atoms with Gasteiger partial charge in [0.2, 0.25) is 0 Å². The van der Waals surface area contributed by atoms with Crippen LogP contribution in [0.1, 0.15) is 16.1 Å². The predicted octanol–water partition coefficient (Wildman–Crippen LogP) is 2.75. The summed E-state index contributed by atoms with van der Waals surface area (Å²) in [6.07, 6.45) is 1.52. The lowest BCUT2D eigenvalue weighted by Crippen LogP contribution is -2.31. The fraction of sp³-hybridized carbons (Fsp3) is 0.312. The van der Waals surface area contributed by atoms with E-state index in [1.165, 1.54) is 6.26 Å². The Labute approximate surface area is 124 Å². The van der Waals surface area contributed by atoms with Gasteiger partial charge in [-0.2, -0.15) is 0 Å². The van der Waals surface area contributed by atoms with E-state index in [4.69, 9.17) is 13.9 Å². The maximum absolute atomic E-state index is 12.1. The zero-order valence-corrected chi connectivity index (χ0v) is 12.5. The highest BCUT2D eigenvalue weighted by atomic mass is 16.5. The Kier molecular flexibility index (Phi) is 4.87. The lowest BCUT2D eigenvalue weighted by Gasteiger charge is -2.17. The van der Waals surface area contributed by atoms with E-state index in [2.05, 4.69) is 0 Å². The van der Waals surface area contributed by atoms with E-state index in [-0.39, 0.29) is 5.91 Å². The maximum Gasteiger partial charge on any atom is 0.257 e. The fourth-order valence-corrected chi connectivity index (χ4v) is 1.89. The second-order valence-corrected chi connectivity index (χ2v) is 4.64. The molecule has 0 saturated carbocycles. The van der Waals surface area contributed by atoms with E-state index in [0.29, 0.717) is 24.5 Å². The Hall–Kier alpha value is -2.43. The second-order valence-electron chi connectivity index (χ2n) is 4.64. The van der Waals surface area contributed by atoms with Crippen LogP contribution < -0.4 is 9.47 Å². The molecule has 1 aromatic heterocycles. The number of furan rings is 1. The molecule has 112 valence electrons. The summed E-state index contributed by atoms with van der Waals surface area (Å²) in [5, 5.41) is 0. The summed E-state index contributed by atoms with van der Waals surface area (Å²) in [4.78, 5) is 13.8. The molecule has 5 nitrogen and oxygen atoms in total. The van der Waals surface area contributed by atoms with Crippen LogP contribution in [-0.2, 0) is 0 Å². The van der Waals surface area contributed by atoms with Crippen LogP contribution in [-0.4, -0.2) is 38.1 Å². The lowest BCUT2D eigenvalue weighted by molar-refractivity contribution is 0.0772. The summed E-state index contributed by atoms with van der Waals surface area (Å²) in [7, 11) is 3.36. The summed E-state index contributed by atoms with van der Waals surface area (Å²) >= 11 is 0. The molecule has 2 rings (SSSR count). The van der Waals surface area contributed by atoms with E-state index >= 15 is 0 Å². The van der Waals surface area contributed by atoms with Crippen LogP contribution in [0.15, 0.2) is 41.0 Å². The van der Waals surface area contributed by atoms with Gasteiger partial charge in [-0.3, -0.25) is 4.79 Å². The molecule has 21 heavy (non-hydrogen) atoms. The highest BCUT2D eigenvalue weighted by Gasteiger charge is 2.15. The molecule has 0 fully saturated rings. The number of likely N-dealkylation sites (N-methyl/N-ethyl adjacent to an activating group) is 1. The highest BCUT2D eigenvalue weighted by Crippen LogP contribution is 2.17. The molecular formula is C16H19NO4. The molecule has 5 heteroatoms. The lowest BCUT2D eigenvalue weighted by atomic mass is 10.2. The van der Waals surface area contributed by atoms with Crippen molar-refractivity contribution in [1.82, 2.24) is 4.90 Å². The van der Waals surface area contributed by atoms with E-state index in [0.717, 1.165) is 11.5 Å². The van der Waals surface area contributed by atoms with Gasteiger partial charge in [0.25, 0.3) is 5.91 Å². The SMILES string of the molecule is COc1ccc(OCCN(C)C(=O)c2ccoc2C)cc1. The van der Waals surface area contributed by atoms with Gasteiger partial charge in [-0.25, -0.2) is 0 Å². The normalized spacial score (nSPS) is 10.2. The minimum Gasteiger partial charge on any atom is -0.497 e. The third-order valence-electron chi connectivity index (χ3n) is 3.19. The summed E-state index contributed by atoms with van der Waals surface area (Å²) < 4.78 is 15.8. The Bertz CT molecular complexity index is 589. The van der Waals surface area contributed by atoms with Crippen LogP contribution in [0.4, 0.5) is 0 Å². The molecule has 1 amide bonds. The molecule has 0 atom stereocenters. The van der Waals surface area contributed by atoms with Gasteiger partial charge in [0, 0.05) is 7.05 Å². The van der Waals surface area contributed by atoms with E-state index in [1.807, 2.05) is 24.3 Å². The van der Waals surface area contributed by atoms with Crippen LogP contribution in [0.5, 0.6) is 11.5 Å². The van der Waals surface area contributed by atoms with Gasteiger partial charge in [0.15, 0.2) is 0 Å². The summed E-state index contributed by atoms with van der Waals surface area (Å²) in [6.45, 7) is 2.69. The number of hydrogen-bond acceptors (Lipinski definition) is 4. The number of ether oxygens (including phenoxy) is 2. The zero-order valence-electron chi connectivity index (χ0n) is 12.5. The molecule has 1 aromatic carbocycles. The molecule has 0 aliphatic rings. The molecule has 0 radical (unpaired) electrons. The highest BCUT2D eigenvalue weighted by molar-refractivity contribution is 5.94. The number of nitrogens with zero attached hydrogens (tertiary/aromatic N) is 1. The quantitative estimate of drug-likeness (QED) is 0.820. The molecule has 0 spiro atoms. The van der Waals surface area contributed by atoms with Crippen LogP contribution in [0.2, 0.25) is 0 Å². The summed E-state index contributed by atoms with van der Waals surface area (Å²) in [5.41, 5.74) is 0.585. The topological polar surface area (TPSA) is 51.9 Å². The zero-order chi connectivity index (χ0) is 15.2. The average molecular weight is 289 g/mol. The second kappa shape index (κ2) is 6.83. The minimum absolute atomic E-state index is 0.0698. The van der Waals surface area contributed by atoms with Crippen molar-refractivity contribution in [3.05, 3.63) is 47.9 Å². The maximum atomic E-state index is 12.1. The smallest absolute Gasteiger partial charge is 0.257 e. The van der Waals surface area contributed by atoms with E-state index in [9.17, 15) is 4.79 Å². The number of carbonyl (C=O) groups is 1. The van der Waals surface area contributed by atoms with E-state index in [1.54, 1.807) is 32.0 Å². The number of carbonyl (C=O) groups excluding carboxylic acids is 1. The molecular weight excluding hydrogens is 270 g/mol. The van der Waals surface area contributed by atoms with Crippen LogP contribution in [0, 0.1) is 6.92 Å². The third-order valence-corrected chi connectivity index (χ3v) is 3.19. The number of amides is 1. The van der Waals surface area contributed by atoms with Crippen molar-refractivity contribution in [2.75, 3.05) is 27.3 Å². The van der Waals surface area contributed by atoms with Crippen molar-refractivity contribution in [2.24, 2.45) is 0 Å². The number of methoxy groups -OCH3 is 1. The number of benzene rings is 1. The largest absolute Gasteiger partial charge is 0.497 e. The molecule has 0 aliphatic carbocycles. The molecule has 1 heterocycles. The van der Waals surface area contributed by atoms with Crippen molar-refractivity contribution >= 4 is 5.91 Å². The first-order valence-electron chi connectivity index (χ1n) is 6.68. The number of aryl methyl sites for hydroxylation is 1. The van der Waals surface area contributed by atoms with Gasteiger partial charge >= 0.3 is 0 Å². The van der Waals surface area contributed by atoms with Gasteiger partial charge in [-0.05, 0) is 37.3 Å². The van der Waals surface area contributed by atoms with Crippen LogP contribution in [0.25, 0.3) is 0 Å². The Balaban J connectivity index is 1.82. The van der Waals surface area contributed by atoms with Crippen LogP contribution >= 0.6 is 0 Å².